The molecule has 27 heavy (non-hydrogen) atoms. The van der Waals surface area contributed by atoms with Crippen molar-refractivity contribution >= 4 is 0 Å². The highest BCUT2D eigenvalue weighted by Crippen LogP contribution is 2.36. The first kappa shape index (κ1) is 21.5. The third kappa shape index (κ3) is 5.60. The Balaban J connectivity index is 2.08. The Morgan fingerprint density at radius 2 is 1.33 bits per heavy atom. The average molecular weight is 377 g/mol. The van der Waals surface area contributed by atoms with Gasteiger partial charge in [-0.15, -0.1) is 0 Å². The van der Waals surface area contributed by atoms with E-state index in [2.05, 4.69) is 52.0 Å². The summed E-state index contributed by atoms with van der Waals surface area (Å²) in [6.45, 7) is 12.8. The predicted molar refractivity (Wildman–Crippen MR) is 107 cm³/mol. The zero-order valence-corrected chi connectivity index (χ0v) is 17.2. The minimum absolute atomic E-state index is 0.132. The van der Waals surface area contributed by atoms with Gasteiger partial charge in [0.05, 0.1) is 5.56 Å². The highest BCUT2D eigenvalue weighted by Gasteiger charge is 2.32. The molecule has 2 aromatic carbocycles. The second-order valence-electron chi connectivity index (χ2n) is 9.27. The van der Waals surface area contributed by atoms with Gasteiger partial charge in [-0.2, -0.15) is 13.2 Å². The van der Waals surface area contributed by atoms with Gasteiger partial charge in [-0.1, -0.05) is 84.0 Å². The molecule has 0 spiro atoms. The van der Waals surface area contributed by atoms with E-state index in [-0.39, 0.29) is 10.8 Å². The van der Waals surface area contributed by atoms with E-state index in [1.165, 1.54) is 23.3 Å². The predicted octanol–water partition coefficient (Wildman–Crippen LogP) is 7.86. The molecule has 0 aromatic heterocycles. The largest absolute Gasteiger partial charge is 0.416 e. The van der Waals surface area contributed by atoms with Crippen LogP contribution in [0, 0.1) is 0 Å². The first-order valence-corrected chi connectivity index (χ1v) is 9.59. The first-order chi connectivity index (χ1) is 12.3. The molecule has 148 valence electrons. The summed E-state index contributed by atoms with van der Waals surface area (Å²) in [6, 6.07) is 14.5. The van der Waals surface area contributed by atoms with Crippen LogP contribution in [-0.4, -0.2) is 0 Å². The van der Waals surface area contributed by atoms with Crippen LogP contribution in [-0.2, 0) is 17.0 Å². The molecule has 0 aliphatic heterocycles. The fraction of sp³-hybridized carbons (Fsp3) is 0.500. The summed E-state index contributed by atoms with van der Waals surface area (Å²) >= 11 is 0. The number of hydrogen-bond donors (Lipinski definition) is 0. The van der Waals surface area contributed by atoms with Gasteiger partial charge in [0.15, 0.2) is 0 Å². The van der Waals surface area contributed by atoms with Crippen molar-refractivity contribution in [2.75, 3.05) is 0 Å². The lowest BCUT2D eigenvalue weighted by atomic mass is 9.77. The summed E-state index contributed by atoms with van der Waals surface area (Å²) in [7, 11) is 0. The van der Waals surface area contributed by atoms with Gasteiger partial charge in [-0.25, -0.2) is 0 Å². The molecular formula is C24H31F3. The molecule has 2 rings (SSSR count). The zero-order chi connectivity index (χ0) is 20.5. The van der Waals surface area contributed by atoms with Gasteiger partial charge in [0.2, 0.25) is 0 Å². The van der Waals surface area contributed by atoms with Crippen LogP contribution in [0.1, 0.15) is 82.6 Å². The Hall–Kier alpha value is -1.77. The molecule has 0 saturated heterocycles. The van der Waals surface area contributed by atoms with Crippen LogP contribution in [0.25, 0.3) is 0 Å². The van der Waals surface area contributed by atoms with E-state index < -0.39 is 11.7 Å². The molecule has 0 radical (unpaired) electrons. The van der Waals surface area contributed by atoms with Gasteiger partial charge in [-0.3, -0.25) is 0 Å². The monoisotopic (exact) mass is 376 g/mol. The molecular weight excluding hydrogens is 345 g/mol. The number of halogens is 3. The van der Waals surface area contributed by atoms with E-state index >= 15 is 0 Å². The van der Waals surface area contributed by atoms with Crippen molar-refractivity contribution in [2.24, 2.45) is 0 Å². The zero-order valence-electron chi connectivity index (χ0n) is 17.2. The molecule has 0 aliphatic rings. The molecule has 0 saturated carbocycles. The molecule has 0 nitrogen and oxygen atoms in total. The average Bonchev–Trinajstić information content (AvgIpc) is 2.58. The van der Waals surface area contributed by atoms with Crippen molar-refractivity contribution in [2.45, 2.75) is 77.3 Å². The van der Waals surface area contributed by atoms with Crippen LogP contribution in [0.15, 0.2) is 48.5 Å². The second kappa shape index (κ2) is 7.69. The molecule has 0 N–H and O–H groups in total. The van der Waals surface area contributed by atoms with E-state index in [1.54, 1.807) is 6.07 Å². The minimum Gasteiger partial charge on any atom is -0.166 e. The molecule has 3 heteroatoms. The highest BCUT2D eigenvalue weighted by atomic mass is 19.4. The lowest BCUT2D eigenvalue weighted by Crippen LogP contribution is -2.19. The maximum absolute atomic E-state index is 13.0. The normalized spacial score (nSPS) is 14.3. The van der Waals surface area contributed by atoms with E-state index in [0.29, 0.717) is 5.92 Å². The summed E-state index contributed by atoms with van der Waals surface area (Å²) in [6.07, 6.45) is -2.54. The third-order valence-electron chi connectivity index (χ3n) is 5.52. The van der Waals surface area contributed by atoms with Crippen molar-refractivity contribution in [1.29, 1.82) is 0 Å². The molecule has 0 amide bonds. The van der Waals surface area contributed by atoms with Crippen molar-refractivity contribution < 1.29 is 13.2 Å². The van der Waals surface area contributed by atoms with Gasteiger partial charge in [0, 0.05) is 0 Å². The molecule has 0 bridgehead atoms. The van der Waals surface area contributed by atoms with Crippen LogP contribution < -0.4 is 0 Å². The van der Waals surface area contributed by atoms with Crippen LogP contribution in [0.5, 0.6) is 0 Å². The Labute approximate surface area is 161 Å². The smallest absolute Gasteiger partial charge is 0.166 e. The quantitative estimate of drug-likeness (QED) is 0.498. The van der Waals surface area contributed by atoms with Crippen molar-refractivity contribution in [1.82, 2.24) is 0 Å². The molecule has 0 heterocycles. The summed E-state index contributed by atoms with van der Waals surface area (Å²) in [5.41, 5.74) is 2.59. The lowest BCUT2D eigenvalue weighted by Gasteiger charge is -2.28. The summed E-state index contributed by atoms with van der Waals surface area (Å²) in [5, 5.41) is 0. The van der Waals surface area contributed by atoms with E-state index in [1.807, 2.05) is 13.8 Å². The van der Waals surface area contributed by atoms with Crippen molar-refractivity contribution in [3.8, 4) is 0 Å². The summed E-state index contributed by atoms with van der Waals surface area (Å²) in [4.78, 5) is 0. The Kier molecular flexibility index (Phi) is 6.13. The molecule has 0 aliphatic carbocycles. The van der Waals surface area contributed by atoms with Crippen molar-refractivity contribution in [3.05, 3.63) is 70.8 Å². The first-order valence-electron chi connectivity index (χ1n) is 9.59. The maximum atomic E-state index is 13.0. The molecule has 0 fully saturated rings. The third-order valence-corrected chi connectivity index (χ3v) is 5.52. The molecule has 1 unspecified atom stereocenters. The summed E-state index contributed by atoms with van der Waals surface area (Å²) < 4.78 is 39.0. The fourth-order valence-electron chi connectivity index (χ4n) is 3.32. The summed E-state index contributed by atoms with van der Waals surface area (Å²) in [5.74, 6) is 0.365. The molecule has 2 aromatic rings. The van der Waals surface area contributed by atoms with Crippen LogP contribution in [0.3, 0.4) is 0 Å². The minimum atomic E-state index is -4.30. The van der Waals surface area contributed by atoms with E-state index in [9.17, 15) is 13.2 Å². The van der Waals surface area contributed by atoms with Crippen molar-refractivity contribution in [3.63, 3.8) is 0 Å². The van der Waals surface area contributed by atoms with E-state index in [0.717, 1.165) is 24.5 Å². The van der Waals surface area contributed by atoms with Crippen LogP contribution in [0.4, 0.5) is 13.2 Å². The van der Waals surface area contributed by atoms with Crippen LogP contribution >= 0.6 is 0 Å². The standard InChI is InChI=1S/C24H31F3/c1-17(18-10-12-19(13-11-18)22(2,3)4)14-15-23(5,6)20-8-7-9-21(16-20)24(25,26)27/h7-13,16-17H,14-15H2,1-6H3. The Morgan fingerprint density at radius 1 is 0.778 bits per heavy atom. The van der Waals surface area contributed by atoms with Gasteiger partial charge in [0.25, 0.3) is 0 Å². The van der Waals surface area contributed by atoms with Gasteiger partial charge in [-0.05, 0) is 52.3 Å². The van der Waals surface area contributed by atoms with Gasteiger partial charge >= 0.3 is 6.18 Å². The number of alkyl halides is 3. The fourth-order valence-corrected chi connectivity index (χ4v) is 3.32. The topological polar surface area (TPSA) is 0 Å². The van der Waals surface area contributed by atoms with E-state index in [4.69, 9.17) is 0 Å². The lowest BCUT2D eigenvalue weighted by molar-refractivity contribution is -0.137. The molecule has 1 atom stereocenters. The highest BCUT2D eigenvalue weighted by molar-refractivity contribution is 5.32. The van der Waals surface area contributed by atoms with Gasteiger partial charge in [0.1, 0.15) is 0 Å². The van der Waals surface area contributed by atoms with Gasteiger partial charge < -0.3 is 0 Å². The Bertz CT molecular complexity index is 746. The second-order valence-corrected chi connectivity index (χ2v) is 9.27. The Morgan fingerprint density at radius 3 is 1.85 bits per heavy atom. The number of hydrogen-bond acceptors (Lipinski definition) is 0. The maximum Gasteiger partial charge on any atom is 0.416 e. The number of benzene rings is 2. The number of rotatable bonds is 5. The van der Waals surface area contributed by atoms with Crippen LogP contribution in [0.2, 0.25) is 0 Å². The SMILES string of the molecule is CC(CCC(C)(C)c1cccc(C(F)(F)F)c1)c1ccc(C(C)(C)C)cc1.